The van der Waals surface area contributed by atoms with Gasteiger partial charge in [0.1, 0.15) is 22.5 Å². The molecular formula is C19H17N5OS2. The lowest BCUT2D eigenvalue weighted by molar-refractivity contribution is -0.113. The van der Waals surface area contributed by atoms with E-state index in [0.717, 1.165) is 11.3 Å². The van der Waals surface area contributed by atoms with Gasteiger partial charge in [0.2, 0.25) is 5.91 Å². The van der Waals surface area contributed by atoms with Crippen molar-refractivity contribution in [1.29, 1.82) is 5.26 Å². The Morgan fingerprint density at radius 1 is 1.19 bits per heavy atom. The number of anilines is 1. The lowest BCUT2D eigenvalue weighted by atomic mass is 10.1. The van der Waals surface area contributed by atoms with E-state index < -0.39 is 0 Å². The van der Waals surface area contributed by atoms with E-state index in [1.807, 2.05) is 36.6 Å². The summed E-state index contributed by atoms with van der Waals surface area (Å²) in [6, 6.07) is 10.2. The van der Waals surface area contributed by atoms with Crippen LogP contribution in [-0.2, 0) is 4.79 Å². The number of hydrogen-bond acceptors (Lipinski definition) is 7. The van der Waals surface area contributed by atoms with Gasteiger partial charge in [0, 0.05) is 10.9 Å². The molecule has 0 saturated carbocycles. The molecule has 0 radical (unpaired) electrons. The zero-order valence-corrected chi connectivity index (χ0v) is 16.7. The van der Waals surface area contributed by atoms with Crippen molar-refractivity contribution in [3.63, 3.8) is 0 Å². The van der Waals surface area contributed by atoms with Crippen LogP contribution in [0.3, 0.4) is 0 Å². The molecule has 1 aromatic carbocycles. The standard InChI is InChI=1S/C19H17N5OS2/c1-11-4-6-14(7-5-11)16-9-27-19(23-16)24-17(25)10-26-18-15(8-20)12(2)21-13(3)22-18/h4-7,9H,10H2,1-3H3,(H,23,24,25). The summed E-state index contributed by atoms with van der Waals surface area (Å²) in [6.45, 7) is 5.56. The first-order valence-corrected chi connectivity index (χ1v) is 10.0. The Morgan fingerprint density at radius 3 is 2.63 bits per heavy atom. The predicted molar refractivity (Wildman–Crippen MR) is 108 cm³/mol. The Balaban J connectivity index is 1.64. The molecule has 0 spiro atoms. The highest BCUT2D eigenvalue weighted by Crippen LogP contribution is 2.26. The zero-order chi connectivity index (χ0) is 19.4. The van der Waals surface area contributed by atoms with Crippen LogP contribution in [0.4, 0.5) is 5.13 Å². The van der Waals surface area contributed by atoms with Gasteiger partial charge in [0.05, 0.1) is 17.1 Å². The van der Waals surface area contributed by atoms with Crippen molar-refractivity contribution in [3.05, 3.63) is 52.3 Å². The van der Waals surface area contributed by atoms with Crippen LogP contribution in [0, 0.1) is 32.1 Å². The van der Waals surface area contributed by atoms with Crippen LogP contribution in [0.25, 0.3) is 11.3 Å². The summed E-state index contributed by atoms with van der Waals surface area (Å²) in [5.74, 6) is 0.531. The molecule has 3 rings (SSSR count). The number of aryl methyl sites for hydroxylation is 3. The Bertz CT molecular complexity index is 1020. The van der Waals surface area contributed by atoms with Crippen molar-refractivity contribution in [2.24, 2.45) is 0 Å². The van der Waals surface area contributed by atoms with Gasteiger partial charge in [-0.15, -0.1) is 11.3 Å². The van der Waals surface area contributed by atoms with Crippen LogP contribution in [-0.4, -0.2) is 26.6 Å². The molecule has 1 N–H and O–H groups in total. The third-order valence-corrected chi connectivity index (χ3v) is 5.45. The van der Waals surface area contributed by atoms with Crippen molar-refractivity contribution in [3.8, 4) is 17.3 Å². The minimum Gasteiger partial charge on any atom is -0.301 e. The number of amides is 1. The van der Waals surface area contributed by atoms with Crippen LogP contribution in [0.1, 0.15) is 22.6 Å². The number of hydrogen-bond donors (Lipinski definition) is 1. The molecule has 1 amide bonds. The molecule has 27 heavy (non-hydrogen) atoms. The second-order valence-electron chi connectivity index (χ2n) is 5.89. The molecule has 0 aliphatic rings. The molecule has 8 heteroatoms. The Morgan fingerprint density at radius 2 is 1.93 bits per heavy atom. The fraction of sp³-hybridized carbons (Fsp3) is 0.211. The summed E-state index contributed by atoms with van der Waals surface area (Å²) in [7, 11) is 0. The molecule has 0 aliphatic carbocycles. The Labute approximate surface area is 165 Å². The number of thiazole rings is 1. The maximum atomic E-state index is 12.3. The average Bonchev–Trinajstić information content (AvgIpc) is 3.08. The number of carbonyl (C=O) groups is 1. The van der Waals surface area contributed by atoms with Crippen molar-refractivity contribution in [2.45, 2.75) is 25.8 Å². The highest BCUT2D eigenvalue weighted by atomic mass is 32.2. The summed E-state index contributed by atoms with van der Waals surface area (Å²) < 4.78 is 0. The molecule has 2 aromatic heterocycles. The van der Waals surface area contributed by atoms with Crippen molar-refractivity contribution < 1.29 is 4.79 Å². The lowest BCUT2D eigenvalue weighted by Crippen LogP contribution is -2.14. The number of carbonyl (C=O) groups excluding carboxylic acids is 1. The van der Waals surface area contributed by atoms with Crippen LogP contribution in [0.5, 0.6) is 0 Å². The summed E-state index contributed by atoms with van der Waals surface area (Å²) in [4.78, 5) is 25.2. The van der Waals surface area contributed by atoms with Gasteiger partial charge in [-0.05, 0) is 20.8 Å². The summed E-state index contributed by atoms with van der Waals surface area (Å²) in [6.07, 6.45) is 0. The van der Waals surface area contributed by atoms with Gasteiger partial charge in [0.15, 0.2) is 5.13 Å². The minimum absolute atomic E-state index is 0.143. The first kappa shape index (κ1) is 19.0. The molecule has 2 heterocycles. The predicted octanol–water partition coefficient (Wildman–Crippen LogP) is 4.13. The summed E-state index contributed by atoms with van der Waals surface area (Å²) >= 11 is 2.60. The summed E-state index contributed by atoms with van der Waals surface area (Å²) in [5, 5.41) is 15.1. The fourth-order valence-electron chi connectivity index (χ4n) is 2.39. The number of nitriles is 1. The Kier molecular flexibility index (Phi) is 5.84. The lowest BCUT2D eigenvalue weighted by Gasteiger charge is -2.06. The van der Waals surface area contributed by atoms with E-state index in [9.17, 15) is 10.1 Å². The highest BCUT2D eigenvalue weighted by molar-refractivity contribution is 8.00. The molecule has 0 bridgehead atoms. The van der Waals surface area contributed by atoms with E-state index in [-0.39, 0.29) is 11.7 Å². The Hall–Kier alpha value is -2.76. The largest absolute Gasteiger partial charge is 0.301 e. The van der Waals surface area contributed by atoms with E-state index in [0.29, 0.717) is 27.2 Å². The maximum absolute atomic E-state index is 12.3. The molecule has 136 valence electrons. The number of rotatable bonds is 5. The van der Waals surface area contributed by atoms with Crippen LogP contribution in [0.15, 0.2) is 34.7 Å². The first-order valence-electron chi connectivity index (χ1n) is 8.17. The van der Waals surface area contributed by atoms with E-state index in [2.05, 4.69) is 26.3 Å². The molecule has 0 aliphatic heterocycles. The van der Waals surface area contributed by atoms with Crippen molar-refractivity contribution in [2.75, 3.05) is 11.1 Å². The first-order chi connectivity index (χ1) is 13.0. The minimum atomic E-state index is -0.192. The van der Waals surface area contributed by atoms with E-state index in [1.165, 1.54) is 28.7 Å². The van der Waals surface area contributed by atoms with Crippen LogP contribution < -0.4 is 5.32 Å². The third-order valence-electron chi connectivity index (χ3n) is 3.72. The number of nitrogens with zero attached hydrogens (tertiary/aromatic N) is 4. The third kappa shape index (κ3) is 4.70. The molecule has 0 atom stereocenters. The number of aromatic nitrogens is 3. The smallest absolute Gasteiger partial charge is 0.236 e. The molecular weight excluding hydrogens is 378 g/mol. The van der Waals surface area contributed by atoms with E-state index in [4.69, 9.17) is 0 Å². The van der Waals surface area contributed by atoms with Gasteiger partial charge >= 0.3 is 0 Å². The van der Waals surface area contributed by atoms with Crippen molar-refractivity contribution in [1.82, 2.24) is 15.0 Å². The normalized spacial score (nSPS) is 10.4. The van der Waals surface area contributed by atoms with Gasteiger partial charge in [-0.2, -0.15) is 5.26 Å². The molecule has 0 fully saturated rings. The number of benzene rings is 1. The molecule has 0 unspecified atom stereocenters. The van der Waals surface area contributed by atoms with Gasteiger partial charge < -0.3 is 5.32 Å². The molecule has 3 aromatic rings. The highest BCUT2D eigenvalue weighted by Gasteiger charge is 2.14. The second kappa shape index (κ2) is 8.29. The maximum Gasteiger partial charge on any atom is 0.236 e. The second-order valence-corrected chi connectivity index (χ2v) is 7.71. The van der Waals surface area contributed by atoms with Crippen LogP contribution in [0.2, 0.25) is 0 Å². The van der Waals surface area contributed by atoms with Gasteiger partial charge in [-0.25, -0.2) is 15.0 Å². The average molecular weight is 396 g/mol. The number of thioether (sulfide) groups is 1. The number of nitrogens with one attached hydrogen (secondary N) is 1. The van der Waals surface area contributed by atoms with Crippen LogP contribution >= 0.6 is 23.1 Å². The topological polar surface area (TPSA) is 91.6 Å². The zero-order valence-electron chi connectivity index (χ0n) is 15.1. The van der Waals surface area contributed by atoms with E-state index >= 15 is 0 Å². The van der Waals surface area contributed by atoms with Gasteiger partial charge in [-0.3, -0.25) is 4.79 Å². The fourth-order valence-corrected chi connectivity index (χ4v) is 4.00. The molecule has 6 nitrogen and oxygen atoms in total. The van der Waals surface area contributed by atoms with Crippen molar-refractivity contribution >= 4 is 34.1 Å². The van der Waals surface area contributed by atoms with Gasteiger partial charge in [0.25, 0.3) is 0 Å². The monoisotopic (exact) mass is 395 g/mol. The van der Waals surface area contributed by atoms with E-state index in [1.54, 1.807) is 13.8 Å². The summed E-state index contributed by atoms with van der Waals surface area (Å²) in [5.41, 5.74) is 4.06. The van der Waals surface area contributed by atoms with Gasteiger partial charge in [-0.1, -0.05) is 41.6 Å². The SMILES string of the molecule is Cc1ccc(-c2csc(NC(=O)CSc3nc(C)nc(C)c3C#N)n2)cc1. The molecule has 0 saturated heterocycles. The quantitative estimate of drug-likeness (QED) is 0.516.